The topological polar surface area (TPSA) is 58.6 Å². The molecule has 0 spiro atoms. The lowest BCUT2D eigenvalue weighted by Crippen LogP contribution is -2.40. The first-order valence-electron chi connectivity index (χ1n) is 7.44. The van der Waals surface area contributed by atoms with E-state index in [0.29, 0.717) is 24.1 Å². The number of carbonyl (C=O) groups is 2. The number of nitrogens with one attached hydrogen (secondary N) is 1. The minimum Gasteiger partial charge on any atom is -0.444 e. The highest BCUT2D eigenvalue weighted by atomic mass is 19.4. The molecular formula is C16H19F3N2O3. The van der Waals surface area contributed by atoms with E-state index in [0.717, 1.165) is 0 Å². The van der Waals surface area contributed by atoms with E-state index in [1.165, 1.54) is 11.0 Å². The van der Waals surface area contributed by atoms with E-state index in [1.54, 1.807) is 32.9 Å². The molecule has 0 unspecified atom stereocenters. The first-order valence-corrected chi connectivity index (χ1v) is 7.44. The Hall–Kier alpha value is -2.25. The van der Waals surface area contributed by atoms with Crippen LogP contribution < -0.4 is 5.32 Å². The fourth-order valence-electron chi connectivity index (χ4n) is 2.40. The molecule has 2 amide bonds. The van der Waals surface area contributed by atoms with Gasteiger partial charge < -0.3 is 15.0 Å². The highest BCUT2D eigenvalue weighted by Crippen LogP contribution is 2.28. The SMILES string of the molecule is CC(C)(C)OC(=O)N1CCc2c(cccc2NC(=O)C(F)(F)F)C1. The molecule has 24 heavy (non-hydrogen) atoms. The fraction of sp³-hybridized carbons (Fsp3) is 0.500. The third-order valence-electron chi connectivity index (χ3n) is 3.42. The van der Waals surface area contributed by atoms with Crippen LogP contribution in [0.25, 0.3) is 0 Å². The van der Waals surface area contributed by atoms with Crippen molar-refractivity contribution in [3.8, 4) is 0 Å². The molecule has 0 saturated carbocycles. The number of ether oxygens (including phenoxy) is 1. The van der Waals surface area contributed by atoms with Gasteiger partial charge in [-0.25, -0.2) is 4.79 Å². The third kappa shape index (κ3) is 4.39. The van der Waals surface area contributed by atoms with E-state index in [9.17, 15) is 22.8 Å². The van der Waals surface area contributed by atoms with E-state index in [4.69, 9.17) is 4.74 Å². The first kappa shape index (κ1) is 18.1. The van der Waals surface area contributed by atoms with E-state index in [-0.39, 0.29) is 12.2 Å². The van der Waals surface area contributed by atoms with Crippen molar-refractivity contribution in [1.82, 2.24) is 4.90 Å². The number of fused-ring (bicyclic) bond motifs is 1. The van der Waals surface area contributed by atoms with Crippen LogP contribution in [0.4, 0.5) is 23.7 Å². The van der Waals surface area contributed by atoms with Crippen LogP contribution in [0.2, 0.25) is 0 Å². The van der Waals surface area contributed by atoms with Crippen LogP contribution in [0.15, 0.2) is 18.2 Å². The molecule has 1 aliphatic heterocycles. The maximum absolute atomic E-state index is 12.4. The summed E-state index contributed by atoms with van der Waals surface area (Å²) in [5.74, 6) is -2.01. The molecule has 1 heterocycles. The predicted octanol–water partition coefficient (Wildman–Crippen LogP) is 3.48. The zero-order valence-corrected chi connectivity index (χ0v) is 13.7. The Labute approximate surface area is 137 Å². The predicted molar refractivity (Wildman–Crippen MR) is 81.5 cm³/mol. The van der Waals surface area contributed by atoms with Crippen molar-refractivity contribution in [3.63, 3.8) is 0 Å². The van der Waals surface area contributed by atoms with Gasteiger partial charge in [0, 0.05) is 18.8 Å². The highest BCUT2D eigenvalue weighted by Gasteiger charge is 2.39. The number of halogens is 3. The Morgan fingerprint density at radius 1 is 1.21 bits per heavy atom. The molecule has 0 aromatic heterocycles. The van der Waals surface area contributed by atoms with Gasteiger partial charge in [-0.05, 0) is 44.4 Å². The number of benzene rings is 1. The maximum Gasteiger partial charge on any atom is 0.471 e. The van der Waals surface area contributed by atoms with Crippen LogP contribution in [0, 0.1) is 0 Å². The Morgan fingerprint density at radius 2 is 1.88 bits per heavy atom. The second-order valence-corrected chi connectivity index (χ2v) is 6.55. The van der Waals surface area contributed by atoms with Gasteiger partial charge >= 0.3 is 18.2 Å². The number of hydrogen-bond acceptors (Lipinski definition) is 3. The lowest BCUT2D eigenvalue weighted by atomic mass is 9.98. The number of carbonyl (C=O) groups excluding carboxylic acids is 2. The molecule has 1 N–H and O–H groups in total. The molecule has 5 nitrogen and oxygen atoms in total. The summed E-state index contributed by atoms with van der Waals surface area (Å²) >= 11 is 0. The smallest absolute Gasteiger partial charge is 0.444 e. The zero-order valence-electron chi connectivity index (χ0n) is 13.7. The summed E-state index contributed by atoms with van der Waals surface area (Å²) in [4.78, 5) is 24.7. The van der Waals surface area contributed by atoms with Crippen molar-refractivity contribution < 1.29 is 27.5 Å². The van der Waals surface area contributed by atoms with Crippen LogP contribution in [0.3, 0.4) is 0 Å². The molecule has 0 radical (unpaired) electrons. The van der Waals surface area contributed by atoms with Crippen molar-refractivity contribution >= 4 is 17.7 Å². The summed E-state index contributed by atoms with van der Waals surface area (Å²) in [6, 6.07) is 4.68. The molecule has 0 atom stereocenters. The summed E-state index contributed by atoms with van der Waals surface area (Å²) in [7, 11) is 0. The second-order valence-electron chi connectivity index (χ2n) is 6.55. The number of anilines is 1. The molecule has 0 aliphatic carbocycles. The van der Waals surface area contributed by atoms with Crippen molar-refractivity contribution in [1.29, 1.82) is 0 Å². The van der Waals surface area contributed by atoms with Gasteiger partial charge in [0.05, 0.1) is 0 Å². The Bertz CT molecular complexity index is 651. The number of nitrogens with zero attached hydrogens (tertiary/aromatic N) is 1. The molecule has 8 heteroatoms. The van der Waals surface area contributed by atoms with Crippen LogP contribution in [0.5, 0.6) is 0 Å². The monoisotopic (exact) mass is 344 g/mol. The van der Waals surface area contributed by atoms with Gasteiger partial charge in [-0.3, -0.25) is 4.79 Å². The Balaban J connectivity index is 2.15. The molecule has 132 valence electrons. The van der Waals surface area contributed by atoms with E-state index in [1.807, 2.05) is 5.32 Å². The molecule has 2 rings (SSSR count). The van der Waals surface area contributed by atoms with Crippen LogP contribution in [0.1, 0.15) is 31.9 Å². The second kappa shape index (κ2) is 6.33. The van der Waals surface area contributed by atoms with Crippen LogP contribution in [-0.2, 0) is 22.5 Å². The van der Waals surface area contributed by atoms with E-state index >= 15 is 0 Å². The van der Waals surface area contributed by atoms with Crippen LogP contribution in [-0.4, -0.2) is 35.2 Å². The van der Waals surface area contributed by atoms with Crippen molar-refractivity contribution in [3.05, 3.63) is 29.3 Å². The average Bonchev–Trinajstić information content (AvgIpc) is 2.44. The van der Waals surface area contributed by atoms with Gasteiger partial charge in [0.15, 0.2) is 0 Å². The number of amides is 2. The lowest BCUT2D eigenvalue weighted by molar-refractivity contribution is -0.167. The van der Waals surface area contributed by atoms with Crippen molar-refractivity contribution in [2.24, 2.45) is 0 Å². The minimum absolute atomic E-state index is 0.124. The first-order chi connectivity index (χ1) is 11.0. The van der Waals surface area contributed by atoms with Gasteiger partial charge in [0.1, 0.15) is 5.60 Å². The average molecular weight is 344 g/mol. The van der Waals surface area contributed by atoms with Gasteiger partial charge in [0.25, 0.3) is 0 Å². The number of hydrogen-bond donors (Lipinski definition) is 1. The van der Waals surface area contributed by atoms with E-state index in [2.05, 4.69) is 0 Å². The Morgan fingerprint density at radius 3 is 2.46 bits per heavy atom. The van der Waals surface area contributed by atoms with Crippen LogP contribution >= 0.6 is 0 Å². The third-order valence-corrected chi connectivity index (χ3v) is 3.42. The maximum atomic E-state index is 12.4. The van der Waals surface area contributed by atoms with Crippen molar-refractivity contribution in [2.45, 2.75) is 45.5 Å². The molecule has 0 bridgehead atoms. The summed E-state index contributed by atoms with van der Waals surface area (Å²) < 4.78 is 42.5. The zero-order chi connectivity index (χ0) is 18.1. The quantitative estimate of drug-likeness (QED) is 0.848. The summed E-state index contributed by atoms with van der Waals surface area (Å²) in [5.41, 5.74) is 0.792. The van der Waals surface area contributed by atoms with E-state index < -0.39 is 23.8 Å². The molecule has 0 fully saturated rings. The Kier molecular flexibility index (Phi) is 4.77. The van der Waals surface area contributed by atoms with Crippen molar-refractivity contribution in [2.75, 3.05) is 11.9 Å². The summed E-state index contributed by atoms with van der Waals surface area (Å²) in [6.07, 6.45) is -5.08. The number of alkyl halides is 3. The fourth-order valence-corrected chi connectivity index (χ4v) is 2.40. The lowest BCUT2D eigenvalue weighted by Gasteiger charge is -2.32. The largest absolute Gasteiger partial charge is 0.471 e. The number of rotatable bonds is 1. The molecular weight excluding hydrogens is 325 g/mol. The molecule has 1 aliphatic rings. The minimum atomic E-state index is -4.94. The van der Waals surface area contributed by atoms with Gasteiger partial charge in [0.2, 0.25) is 0 Å². The highest BCUT2D eigenvalue weighted by molar-refractivity contribution is 5.95. The van der Waals surface area contributed by atoms with Gasteiger partial charge in [-0.1, -0.05) is 12.1 Å². The summed E-state index contributed by atoms with van der Waals surface area (Å²) in [5, 5.41) is 1.89. The molecule has 1 aromatic carbocycles. The summed E-state index contributed by atoms with van der Waals surface area (Å²) in [6.45, 7) is 5.80. The van der Waals surface area contributed by atoms with Gasteiger partial charge in [-0.2, -0.15) is 13.2 Å². The van der Waals surface area contributed by atoms with Gasteiger partial charge in [-0.15, -0.1) is 0 Å². The standard InChI is InChI=1S/C16H19F3N2O3/c1-15(2,3)24-14(23)21-8-7-11-10(9-21)5-4-6-12(11)20-13(22)16(17,18)19/h4-6H,7-9H2,1-3H3,(H,20,22). The molecule has 0 saturated heterocycles. The normalized spacial score (nSPS) is 14.8. The molecule has 1 aromatic rings.